The number of carbonyl (C=O) groups is 2. The van der Waals surface area contributed by atoms with Crippen molar-refractivity contribution in [3.63, 3.8) is 0 Å². The summed E-state index contributed by atoms with van der Waals surface area (Å²) in [6.07, 6.45) is 1.35. The molecule has 0 saturated heterocycles. The second kappa shape index (κ2) is 10.1. The highest BCUT2D eigenvalue weighted by Crippen LogP contribution is 2.31. The lowest BCUT2D eigenvalue weighted by Crippen LogP contribution is -2.21. The molecule has 0 fully saturated rings. The average Bonchev–Trinajstić information content (AvgIpc) is 3.45. The van der Waals surface area contributed by atoms with Crippen molar-refractivity contribution in [1.29, 1.82) is 0 Å². The summed E-state index contributed by atoms with van der Waals surface area (Å²) in [6, 6.07) is 18.1. The fourth-order valence-electron chi connectivity index (χ4n) is 2.88. The predicted octanol–water partition coefficient (Wildman–Crippen LogP) is 6.63. The second-order valence-corrected chi connectivity index (χ2v) is 8.25. The maximum absolute atomic E-state index is 12.6. The van der Waals surface area contributed by atoms with E-state index in [1.54, 1.807) is 60.7 Å². The van der Waals surface area contributed by atoms with Gasteiger partial charge in [0.15, 0.2) is 10.4 Å². The molecule has 2 amide bonds. The maximum Gasteiger partial charge on any atom is 0.291 e. The Morgan fingerprint density at radius 3 is 2.55 bits per heavy atom. The lowest BCUT2D eigenvalue weighted by Gasteiger charge is -2.08. The van der Waals surface area contributed by atoms with Gasteiger partial charge in [0.25, 0.3) is 11.8 Å². The van der Waals surface area contributed by atoms with Gasteiger partial charge in [-0.2, -0.15) is 5.10 Å². The smallest absolute Gasteiger partial charge is 0.291 e. The highest BCUT2D eigenvalue weighted by atomic mass is 79.9. The number of carbonyl (C=O) groups excluding carboxylic acids is 2. The number of hydrogen-bond donors (Lipinski definition) is 2. The number of rotatable bonds is 6. The molecular weight excluding hydrogens is 533 g/mol. The lowest BCUT2D eigenvalue weighted by atomic mass is 10.1. The van der Waals surface area contributed by atoms with Crippen molar-refractivity contribution in [1.82, 2.24) is 5.43 Å². The van der Waals surface area contributed by atoms with Crippen LogP contribution in [0.15, 0.2) is 85.3 Å². The van der Waals surface area contributed by atoms with Gasteiger partial charge in [-0.15, -0.1) is 0 Å². The van der Waals surface area contributed by atoms with E-state index in [0.29, 0.717) is 37.5 Å². The maximum atomic E-state index is 12.6. The molecule has 2 heterocycles. The summed E-state index contributed by atoms with van der Waals surface area (Å²) >= 11 is 15.4. The van der Waals surface area contributed by atoms with Gasteiger partial charge in [-0.3, -0.25) is 9.59 Å². The highest BCUT2D eigenvalue weighted by molar-refractivity contribution is 9.10. The Kier molecular flexibility index (Phi) is 6.98. The molecule has 0 radical (unpaired) electrons. The van der Waals surface area contributed by atoms with Crippen molar-refractivity contribution in [3.05, 3.63) is 98.5 Å². The number of hydrogen-bond acceptors (Lipinski definition) is 5. The Labute approximate surface area is 206 Å². The summed E-state index contributed by atoms with van der Waals surface area (Å²) in [7, 11) is 0. The Bertz CT molecular complexity index is 1360. The standard InChI is InChI=1S/C23H14BrCl2N3O4/c24-21-10-9-20(33-21)23(31)28-18-4-2-1-3-15(18)22(30)29-27-12-14-6-8-19(32-14)16-11-13(25)5-7-17(16)26/h1-12H,(H,28,31)(H,29,30)/b27-12-. The third kappa shape index (κ3) is 5.54. The first kappa shape index (κ1) is 22.8. The van der Waals surface area contributed by atoms with E-state index in [9.17, 15) is 9.59 Å². The Balaban J connectivity index is 1.44. The molecule has 0 aliphatic heterocycles. The van der Waals surface area contributed by atoms with Crippen LogP contribution in [0.25, 0.3) is 11.3 Å². The van der Waals surface area contributed by atoms with Crippen LogP contribution in [-0.2, 0) is 0 Å². The van der Waals surface area contributed by atoms with E-state index in [4.69, 9.17) is 32.0 Å². The number of para-hydroxylation sites is 1. The molecular formula is C23H14BrCl2N3O4. The van der Waals surface area contributed by atoms with Crippen LogP contribution in [-0.4, -0.2) is 18.0 Å². The largest absolute Gasteiger partial charge is 0.455 e. The number of furan rings is 2. The molecule has 0 saturated carbocycles. The number of halogens is 3. The molecule has 10 heteroatoms. The molecule has 0 aliphatic rings. The van der Waals surface area contributed by atoms with Crippen LogP contribution in [0.3, 0.4) is 0 Å². The topological polar surface area (TPSA) is 96.8 Å². The van der Waals surface area contributed by atoms with E-state index in [2.05, 4.69) is 31.8 Å². The molecule has 2 aromatic heterocycles. The summed E-state index contributed by atoms with van der Waals surface area (Å²) in [6.45, 7) is 0. The minimum Gasteiger partial charge on any atom is -0.455 e. The molecule has 4 rings (SSSR count). The normalized spacial score (nSPS) is 11.0. The fraction of sp³-hybridized carbons (Fsp3) is 0. The Morgan fingerprint density at radius 1 is 0.939 bits per heavy atom. The van der Waals surface area contributed by atoms with Gasteiger partial charge in [-0.1, -0.05) is 35.3 Å². The van der Waals surface area contributed by atoms with Gasteiger partial charge in [0, 0.05) is 10.6 Å². The molecule has 33 heavy (non-hydrogen) atoms. The van der Waals surface area contributed by atoms with Crippen LogP contribution in [0.1, 0.15) is 26.7 Å². The number of hydrazone groups is 1. The molecule has 2 aromatic carbocycles. The molecule has 4 aromatic rings. The number of nitrogens with one attached hydrogen (secondary N) is 2. The van der Waals surface area contributed by atoms with E-state index < -0.39 is 11.8 Å². The number of amides is 2. The SMILES string of the molecule is O=C(Nc1ccccc1C(=O)N/N=C\c1ccc(-c2cc(Cl)ccc2Cl)o1)c1ccc(Br)o1. The first-order valence-electron chi connectivity index (χ1n) is 9.45. The van der Waals surface area contributed by atoms with E-state index in [1.165, 1.54) is 12.3 Å². The zero-order chi connectivity index (χ0) is 23.4. The Hall–Kier alpha value is -3.33. The third-order valence-electron chi connectivity index (χ3n) is 4.40. The van der Waals surface area contributed by atoms with Crippen molar-refractivity contribution in [2.75, 3.05) is 5.32 Å². The minimum atomic E-state index is -0.521. The van der Waals surface area contributed by atoms with Gasteiger partial charge in [0.05, 0.1) is 22.5 Å². The van der Waals surface area contributed by atoms with E-state index >= 15 is 0 Å². The highest BCUT2D eigenvalue weighted by Gasteiger charge is 2.16. The predicted molar refractivity (Wildman–Crippen MR) is 130 cm³/mol. The van der Waals surface area contributed by atoms with E-state index in [0.717, 1.165) is 0 Å². The summed E-state index contributed by atoms with van der Waals surface area (Å²) in [5.41, 5.74) is 3.58. The van der Waals surface area contributed by atoms with Crippen LogP contribution in [0.2, 0.25) is 10.0 Å². The molecule has 7 nitrogen and oxygen atoms in total. The van der Waals surface area contributed by atoms with Crippen molar-refractivity contribution >= 4 is 62.8 Å². The van der Waals surface area contributed by atoms with Gasteiger partial charge in [-0.05, 0) is 70.5 Å². The van der Waals surface area contributed by atoms with E-state index in [-0.39, 0.29) is 11.3 Å². The summed E-state index contributed by atoms with van der Waals surface area (Å²) in [5, 5.41) is 7.60. The second-order valence-electron chi connectivity index (χ2n) is 6.63. The molecule has 2 N–H and O–H groups in total. The number of benzene rings is 2. The zero-order valence-corrected chi connectivity index (χ0v) is 19.7. The van der Waals surface area contributed by atoms with Crippen molar-refractivity contribution in [2.45, 2.75) is 0 Å². The Morgan fingerprint density at radius 2 is 1.76 bits per heavy atom. The van der Waals surface area contributed by atoms with Crippen LogP contribution in [0, 0.1) is 0 Å². The monoisotopic (exact) mass is 545 g/mol. The van der Waals surface area contributed by atoms with Crippen molar-refractivity contribution < 1.29 is 18.4 Å². The quantitative estimate of drug-likeness (QED) is 0.209. The number of anilines is 1. The van der Waals surface area contributed by atoms with E-state index in [1.807, 2.05) is 0 Å². The summed E-state index contributed by atoms with van der Waals surface area (Å²) in [5.74, 6) is -0.0116. The van der Waals surface area contributed by atoms with Crippen LogP contribution < -0.4 is 10.7 Å². The summed E-state index contributed by atoms with van der Waals surface area (Å²) < 4.78 is 11.4. The first-order chi connectivity index (χ1) is 15.9. The first-order valence-corrected chi connectivity index (χ1v) is 11.0. The average molecular weight is 547 g/mol. The number of nitrogens with zero attached hydrogens (tertiary/aromatic N) is 1. The van der Waals surface area contributed by atoms with Crippen LogP contribution in [0.5, 0.6) is 0 Å². The van der Waals surface area contributed by atoms with Crippen molar-refractivity contribution in [3.8, 4) is 11.3 Å². The van der Waals surface area contributed by atoms with Crippen LogP contribution in [0.4, 0.5) is 5.69 Å². The summed E-state index contributed by atoms with van der Waals surface area (Å²) in [4.78, 5) is 25.0. The molecule has 166 valence electrons. The van der Waals surface area contributed by atoms with Crippen LogP contribution >= 0.6 is 39.1 Å². The van der Waals surface area contributed by atoms with Gasteiger partial charge in [0.1, 0.15) is 11.5 Å². The van der Waals surface area contributed by atoms with Gasteiger partial charge >= 0.3 is 0 Å². The molecule has 0 bridgehead atoms. The molecule has 0 spiro atoms. The van der Waals surface area contributed by atoms with Crippen molar-refractivity contribution in [2.24, 2.45) is 5.10 Å². The third-order valence-corrected chi connectivity index (χ3v) is 5.39. The minimum absolute atomic E-state index is 0.100. The van der Waals surface area contributed by atoms with Gasteiger partial charge < -0.3 is 14.2 Å². The van der Waals surface area contributed by atoms with Gasteiger partial charge in [-0.25, -0.2) is 5.43 Å². The zero-order valence-electron chi connectivity index (χ0n) is 16.6. The fourth-order valence-corrected chi connectivity index (χ4v) is 3.57. The van der Waals surface area contributed by atoms with Gasteiger partial charge in [0.2, 0.25) is 0 Å². The molecule has 0 unspecified atom stereocenters. The molecule has 0 atom stereocenters. The lowest BCUT2D eigenvalue weighted by molar-refractivity contribution is 0.0956. The molecule has 0 aliphatic carbocycles.